The van der Waals surface area contributed by atoms with Crippen molar-refractivity contribution in [1.29, 1.82) is 0 Å². The maximum atomic E-state index is 5.16. The first kappa shape index (κ1) is 6.18. The number of nitrogens with two attached hydrogens (primary N) is 1. The van der Waals surface area contributed by atoms with Gasteiger partial charge in [0.05, 0.1) is 0 Å². The van der Waals surface area contributed by atoms with Crippen molar-refractivity contribution in [2.75, 3.05) is 6.54 Å². The minimum absolute atomic E-state index is 0.289. The molecule has 36 valence electrons. The molecule has 0 saturated heterocycles. The van der Waals surface area contributed by atoms with E-state index < -0.39 is 0 Å². The number of halogens is 1. The second-order valence-corrected chi connectivity index (χ2v) is 2.16. The highest BCUT2D eigenvalue weighted by Gasteiger charge is 1.87. The highest BCUT2D eigenvalue weighted by atomic mass is 79.9. The van der Waals surface area contributed by atoms with Crippen LogP contribution >= 0.6 is 15.9 Å². The van der Waals surface area contributed by atoms with E-state index in [1.54, 1.807) is 6.08 Å². The molecule has 0 aromatic carbocycles. The maximum Gasteiger partial charge on any atom is 0.0445 e. The van der Waals surface area contributed by atoms with Crippen LogP contribution in [0.2, 0.25) is 0 Å². The monoisotopic (exact) mass is 149 g/mol. The van der Waals surface area contributed by atoms with Gasteiger partial charge in [-0.1, -0.05) is 22.0 Å². The fraction of sp³-hybridized carbons (Fsp3) is 0.500. The van der Waals surface area contributed by atoms with Gasteiger partial charge in [0.25, 0.3) is 0 Å². The van der Waals surface area contributed by atoms with E-state index in [4.69, 9.17) is 5.73 Å². The predicted octanol–water partition coefficient (Wildman–Crippen LogP) is 0.895. The van der Waals surface area contributed by atoms with Gasteiger partial charge in [-0.05, 0) is 0 Å². The first-order chi connectivity index (χ1) is 2.81. The minimum atomic E-state index is 0.289. The second kappa shape index (κ2) is 3.37. The molecule has 0 aliphatic carbocycles. The summed E-state index contributed by atoms with van der Waals surface area (Å²) in [5.41, 5.74) is 5.16. The summed E-state index contributed by atoms with van der Waals surface area (Å²) in [7, 11) is 0. The number of alkyl halides is 1. The third kappa shape index (κ3) is 2.42. The second-order valence-electron chi connectivity index (χ2n) is 0.987. The third-order valence-electron chi connectivity index (χ3n) is 0.481. The lowest BCUT2D eigenvalue weighted by Gasteiger charge is -1.91. The summed E-state index contributed by atoms with van der Waals surface area (Å²) < 4.78 is 0. The number of rotatable bonds is 2. The van der Waals surface area contributed by atoms with Crippen LogP contribution in [-0.4, -0.2) is 11.4 Å². The quantitative estimate of drug-likeness (QED) is 0.459. The molecule has 0 aromatic rings. The lowest BCUT2D eigenvalue weighted by molar-refractivity contribution is 1.04. The molecule has 1 nitrogen and oxygen atoms in total. The lowest BCUT2D eigenvalue weighted by atomic mass is 10.4. The first-order valence-electron chi connectivity index (χ1n) is 1.78. The first-order valence-corrected chi connectivity index (χ1v) is 2.69. The zero-order valence-electron chi connectivity index (χ0n) is 3.52. The molecule has 1 unspecified atom stereocenters. The van der Waals surface area contributed by atoms with E-state index in [1.807, 2.05) is 0 Å². The van der Waals surface area contributed by atoms with Crippen LogP contribution in [0.5, 0.6) is 0 Å². The molecule has 6 heavy (non-hydrogen) atoms. The van der Waals surface area contributed by atoms with Gasteiger partial charge in [-0.25, -0.2) is 0 Å². The van der Waals surface area contributed by atoms with Crippen molar-refractivity contribution in [2.24, 2.45) is 5.73 Å². The van der Waals surface area contributed by atoms with Gasteiger partial charge in [0, 0.05) is 11.4 Å². The molecule has 0 heterocycles. The van der Waals surface area contributed by atoms with Crippen LogP contribution in [0.4, 0.5) is 0 Å². The van der Waals surface area contributed by atoms with Crippen molar-refractivity contribution in [3.8, 4) is 0 Å². The van der Waals surface area contributed by atoms with Crippen LogP contribution in [-0.2, 0) is 0 Å². The molecule has 0 aliphatic rings. The normalized spacial score (nSPS) is 13.7. The largest absolute Gasteiger partial charge is 0.329 e. The Morgan fingerprint density at radius 3 is 2.50 bits per heavy atom. The molecule has 0 aliphatic heterocycles. The Morgan fingerprint density at radius 2 is 2.50 bits per heavy atom. The average molecular weight is 150 g/mol. The minimum Gasteiger partial charge on any atom is -0.329 e. The average Bonchev–Trinajstić information content (AvgIpc) is 1.65. The smallest absolute Gasteiger partial charge is 0.0445 e. The van der Waals surface area contributed by atoms with Gasteiger partial charge in [0.15, 0.2) is 0 Å². The van der Waals surface area contributed by atoms with E-state index in [0.717, 1.165) is 0 Å². The molecule has 2 heteroatoms. The van der Waals surface area contributed by atoms with Crippen LogP contribution in [0.1, 0.15) is 0 Å². The summed E-state index contributed by atoms with van der Waals surface area (Å²) in [6.07, 6.45) is 1.76. The molecule has 0 spiro atoms. The van der Waals surface area contributed by atoms with Crippen molar-refractivity contribution in [3.05, 3.63) is 12.7 Å². The van der Waals surface area contributed by atoms with Crippen molar-refractivity contribution < 1.29 is 0 Å². The maximum absolute atomic E-state index is 5.16. The Morgan fingerprint density at radius 1 is 2.00 bits per heavy atom. The SMILES string of the molecule is C=CC(Br)CN. The number of hydrogen-bond donors (Lipinski definition) is 1. The van der Waals surface area contributed by atoms with Crippen LogP contribution in [0.25, 0.3) is 0 Å². The van der Waals surface area contributed by atoms with Crippen LogP contribution in [0, 0.1) is 0 Å². The fourth-order valence-corrected chi connectivity index (χ4v) is 0.0962. The number of hydrogen-bond acceptors (Lipinski definition) is 1. The molecule has 0 radical (unpaired) electrons. The van der Waals surface area contributed by atoms with Crippen molar-refractivity contribution in [3.63, 3.8) is 0 Å². The Hall–Kier alpha value is 0.180. The van der Waals surface area contributed by atoms with Crippen LogP contribution in [0.15, 0.2) is 12.7 Å². The van der Waals surface area contributed by atoms with E-state index in [0.29, 0.717) is 6.54 Å². The Balaban J connectivity index is 2.96. The lowest BCUT2D eigenvalue weighted by Crippen LogP contribution is -2.09. The van der Waals surface area contributed by atoms with Crippen molar-refractivity contribution in [1.82, 2.24) is 0 Å². The van der Waals surface area contributed by atoms with Gasteiger partial charge < -0.3 is 5.73 Å². The molecule has 1 atom stereocenters. The summed E-state index contributed by atoms with van der Waals surface area (Å²) in [6, 6.07) is 0. The molecule has 0 amide bonds. The molecule has 0 bridgehead atoms. The van der Waals surface area contributed by atoms with Crippen molar-refractivity contribution in [2.45, 2.75) is 4.83 Å². The Bertz CT molecular complexity index is 44.8. The summed E-state index contributed by atoms with van der Waals surface area (Å²) in [5.74, 6) is 0. The van der Waals surface area contributed by atoms with E-state index >= 15 is 0 Å². The van der Waals surface area contributed by atoms with Gasteiger partial charge in [-0.15, -0.1) is 6.58 Å². The fourth-order valence-electron chi connectivity index (χ4n) is 0.0962. The molecule has 0 saturated carbocycles. The van der Waals surface area contributed by atoms with Gasteiger partial charge in [0.1, 0.15) is 0 Å². The molecular weight excluding hydrogens is 142 g/mol. The Labute approximate surface area is 46.4 Å². The molecule has 0 rings (SSSR count). The highest BCUT2D eigenvalue weighted by molar-refractivity contribution is 9.09. The van der Waals surface area contributed by atoms with Gasteiger partial charge in [-0.3, -0.25) is 0 Å². The van der Waals surface area contributed by atoms with E-state index in [9.17, 15) is 0 Å². The molecular formula is C4H8BrN. The summed E-state index contributed by atoms with van der Waals surface area (Å²) in [5, 5.41) is 0. The molecule has 2 N–H and O–H groups in total. The zero-order valence-corrected chi connectivity index (χ0v) is 5.11. The Kier molecular flexibility index (Phi) is 3.47. The zero-order chi connectivity index (χ0) is 4.99. The third-order valence-corrected chi connectivity index (χ3v) is 1.23. The van der Waals surface area contributed by atoms with Crippen LogP contribution < -0.4 is 5.73 Å². The standard InChI is InChI=1S/C4H8BrN/c1-2-4(5)3-6/h2,4H,1,3,6H2. The summed E-state index contributed by atoms with van der Waals surface area (Å²) in [6.45, 7) is 4.13. The van der Waals surface area contributed by atoms with E-state index in [-0.39, 0.29) is 4.83 Å². The topological polar surface area (TPSA) is 26.0 Å². The van der Waals surface area contributed by atoms with Crippen molar-refractivity contribution >= 4 is 15.9 Å². The predicted molar refractivity (Wildman–Crippen MR) is 32.0 cm³/mol. The van der Waals surface area contributed by atoms with E-state index in [1.165, 1.54) is 0 Å². The highest BCUT2D eigenvalue weighted by Crippen LogP contribution is 1.94. The molecule has 0 fully saturated rings. The van der Waals surface area contributed by atoms with E-state index in [2.05, 4.69) is 22.5 Å². The van der Waals surface area contributed by atoms with Crippen LogP contribution in [0.3, 0.4) is 0 Å². The summed E-state index contributed by atoms with van der Waals surface area (Å²) in [4.78, 5) is 0.289. The van der Waals surface area contributed by atoms with Gasteiger partial charge in [0.2, 0.25) is 0 Å². The molecule has 0 aromatic heterocycles. The summed E-state index contributed by atoms with van der Waals surface area (Å²) >= 11 is 3.23. The van der Waals surface area contributed by atoms with Gasteiger partial charge >= 0.3 is 0 Å². The van der Waals surface area contributed by atoms with Gasteiger partial charge in [-0.2, -0.15) is 0 Å².